The van der Waals surface area contributed by atoms with Crippen LogP contribution < -0.4 is 10.2 Å². The van der Waals surface area contributed by atoms with Gasteiger partial charge in [0.2, 0.25) is 5.95 Å². The molecule has 20 heavy (non-hydrogen) atoms. The smallest absolute Gasteiger partial charge is 0.245 e. The summed E-state index contributed by atoms with van der Waals surface area (Å²) >= 11 is 0. The maximum absolute atomic E-state index is 9.94. The van der Waals surface area contributed by atoms with Gasteiger partial charge in [0.25, 0.3) is 0 Å². The monoisotopic (exact) mass is 273 g/mol. The van der Waals surface area contributed by atoms with Crippen LogP contribution in [0.2, 0.25) is 0 Å². The molecule has 0 saturated carbocycles. The Balaban J connectivity index is 1.88. The summed E-state index contributed by atoms with van der Waals surface area (Å²) in [6, 6.07) is 5.88. The van der Waals surface area contributed by atoms with Gasteiger partial charge in [0.15, 0.2) is 5.82 Å². The van der Waals surface area contributed by atoms with Crippen molar-refractivity contribution in [2.24, 2.45) is 0 Å². The van der Waals surface area contributed by atoms with Crippen LogP contribution in [0.15, 0.2) is 18.2 Å². The normalized spacial score (nSPS) is 19.3. The van der Waals surface area contributed by atoms with Crippen LogP contribution in [-0.2, 0) is 0 Å². The SMILES string of the molecule is Cc1ccc(O)c(-c2nc(N3CCNC(C)C3)n[nH]2)c1. The van der Waals surface area contributed by atoms with Crippen molar-refractivity contribution in [1.29, 1.82) is 0 Å². The first kappa shape index (κ1) is 12.9. The molecule has 1 aliphatic heterocycles. The van der Waals surface area contributed by atoms with Gasteiger partial charge in [-0.05, 0) is 26.0 Å². The molecular weight excluding hydrogens is 254 g/mol. The summed E-state index contributed by atoms with van der Waals surface area (Å²) < 4.78 is 0. The molecule has 1 aliphatic rings. The van der Waals surface area contributed by atoms with E-state index in [0.29, 0.717) is 23.4 Å². The van der Waals surface area contributed by atoms with Crippen LogP contribution >= 0.6 is 0 Å². The second kappa shape index (κ2) is 5.13. The molecule has 1 aromatic carbocycles. The first-order valence-corrected chi connectivity index (χ1v) is 6.84. The predicted octanol–water partition coefficient (Wildman–Crippen LogP) is 1.28. The number of phenolic OH excluding ortho intramolecular Hbond substituents is 1. The van der Waals surface area contributed by atoms with Gasteiger partial charge in [0, 0.05) is 25.7 Å². The summed E-state index contributed by atoms with van der Waals surface area (Å²) in [7, 11) is 0. The van der Waals surface area contributed by atoms with Gasteiger partial charge in [-0.15, -0.1) is 5.10 Å². The second-order valence-corrected chi connectivity index (χ2v) is 5.31. The highest BCUT2D eigenvalue weighted by atomic mass is 16.3. The number of aromatic nitrogens is 3. The predicted molar refractivity (Wildman–Crippen MR) is 77.9 cm³/mol. The minimum absolute atomic E-state index is 0.215. The molecule has 106 valence electrons. The highest BCUT2D eigenvalue weighted by Crippen LogP contribution is 2.28. The molecule has 0 aliphatic carbocycles. The summed E-state index contributed by atoms with van der Waals surface area (Å²) in [5, 5.41) is 20.5. The Morgan fingerprint density at radius 1 is 1.40 bits per heavy atom. The Bertz CT molecular complexity index is 609. The molecule has 3 N–H and O–H groups in total. The number of phenols is 1. The lowest BCUT2D eigenvalue weighted by Crippen LogP contribution is -2.49. The van der Waals surface area contributed by atoms with E-state index < -0.39 is 0 Å². The molecule has 6 heteroatoms. The van der Waals surface area contributed by atoms with E-state index in [1.807, 2.05) is 19.1 Å². The van der Waals surface area contributed by atoms with E-state index in [2.05, 4.69) is 32.3 Å². The van der Waals surface area contributed by atoms with Crippen LogP contribution in [0, 0.1) is 6.92 Å². The number of aromatic hydroxyl groups is 1. The van der Waals surface area contributed by atoms with Gasteiger partial charge in [0.1, 0.15) is 5.75 Å². The van der Waals surface area contributed by atoms with Crippen LogP contribution in [-0.4, -0.2) is 46.0 Å². The van der Waals surface area contributed by atoms with Crippen molar-refractivity contribution in [3.63, 3.8) is 0 Å². The average Bonchev–Trinajstić information content (AvgIpc) is 2.91. The maximum atomic E-state index is 9.94. The van der Waals surface area contributed by atoms with Crippen LogP contribution in [0.3, 0.4) is 0 Å². The van der Waals surface area contributed by atoms with E-state index in [1.54, 1.807) is 6.07 Å². The number of hydrogen-bond acceptors (Lipinski definition) is 5. The molecule has 1 saturated heterocycles. The number of nitrogens with zero attached hydrogens (tertiary/aromatic N) is 3. The van der Waals surface area contributed by atoms with Gasteiger partial charge < -0.3 is 15.3 Å². The lowest BCUT2D eigenvalue weighted by molar-refractivity contribution is 0.476. The van der Waals surface area contributed by atoms with E-state index >= 15 is 0 Å². The summed E-state index contributed by atoms with van der Waals surface area (Å²) in [6.07, 6.45) is 0. The number of benzene rings is 1. The Morgan fingerprint density at radius 3 is 3.05 bits per heavy atom. The molecule has 1 aromatic heterocycles. The van der Waals surface area contributed by atoms with Crippen LogP contribution in [0.1, 0.15) is 12.5 Å². The standard InChI is InChI=1S/C14H19N5O/c1-9-3-4-12(20)11(7-9)13-16-14(18-17-13)19-6-5-15-10(2)8-19/h3-4,7,10,15,20H,5-6,8H2,1-2H3,(H,16,17,18). The van der Waals surface area contributed by atoms with Gasteiger partial charge in [-0.2, -0.15) is 4.98 Å². The maximum Gasteiger partial charge on any atom is 0.245 e. The number of aryl methyl sites for hydroxylation is 1. The van der Waals surface area contributed by atoms with Gasteiger partial charge in [0.05, 0.1) is 5.56 Å². The molecule has 2 aromatic rings. The molecular formula is C14H19N5O. The summed E-state index contributed by atoms with van der Waals surface area (Å²) in [4.78, 5) is 6.66. The van der Waals surface area contributed by atoms with Crippen LogP contribution in [0.5, 0.6) is 5.75 Å². The topological polar surface area (TPSA) is 77.1 Å². The molecule has 0 bridgehead atoms. The Morgan fingerprint density at radius 2 is 2.25 bits per heavy atom. The highest BCUT2D eigenvalue weighted by molar-refractivity contribution is 5.65. The number of nitrogens with one attached hydrogen (secondary N) is 2. The molecule has 0 amide bonds. The molecule has 2 heterocycles. The third kappa shape index (κ3) is 2.46. The molecule has 3 rings (SSSR count). The molecule has 0 radical (unpaired) electrons. The third-order valence-electron chi connectivity index (χ3n) is 3.53. The molecule has 1 unspecified atom stereocenters. The largest absolute Gasteiger partial charge is 0.507 e. The first-order valence-electron chi connectivity index (χ1n) is 6.84. The Hall–Kier alpha value is -2.08. The highest BCUT2D eigenvalue weighted by Gasteiger charge is 2.20. The number of piperazine rings is 1. The molecule has 6 nitrogen and oxygen atoms in total. The minimum Gasteiger partial charge on any atom is -0.507 e. The van der Waals surface area contributed by atoms with Crippen molar-refractivity contribution in [1.82, 2.24) is 20.5 Å². The molecule has 0 spiro atoms. The third-order valence-corrected chi connectivity index (χ3v) is 3.53. The van der Waals surface area contributed by atoms with Crippen molar-refractivity contribution in [3.8, 4) is 17.1 Å². The van der Waals surface area contributed by atoms with Gasteiger partial charge in [-0.3, -0.25) is 5.10 Å². The molecule has 1 atom stereocenters. The first-order chi connectivity index (χ1) is 9.63. The fourth-order valence-corrected chi connectivity index (χ4v) is 2.47. The zero-order valence-corrected chi connectivity index (χ0v) is 11.7. The van der Waals surface area contributed by atoms with Crippen molar-refractivity contribution < 1.29 is 5.11 Å². The van der Waals surface area contributed by atoms with Crippen molar-refractivity contribution in [2.45, 2.75) is 19.9 Å². The van der Waals surface area contributed by atoms with Crippen LogP contribution in [0.25, 0.3) is 11.4 Å². The number of aromatic amines is 1. The van der Waals surface area contributed by atoms with E-state index in [0.717, 1.165) is 25.2 Å². The van der Waals surface area contributed by atoms with Gasteiger partial charge in [-0.1, -0.05) is 11.6 Å². The van der Waals surface area contributed by atoms with Gasteiger partial charge >= 0.3 is 0 Å². The Labute approximate surface area is 117 Å². The fourth-order valence-electron chi connectivity index (χ4n) is 2.47. The van der Waals surface area contributed by atoms with E-state index in [-0.39, 0.29) is 5.75 Å². The average molecular weight is 273 g/mol. The number of rotatable bonds is 2. The van der Waals surface area contributed by atoms with E-state index in [4.69, 9.17) is 0 Å². The summed E-state index contributed by atoms with van der Waals surface area (Å²) in [5.41, 5.74) is 1.76. The fraction of sp³-hybridized carbons (Fsp3) is 0.429. The zero-order chi connectivity index (χ0) is 14.1. The van der Waals surface area contributed by atoms with E-state index in [9.17, 15) is 5.11 Å². The lowest BCUT2D eigenvalue weighted by Gasteiger charge is -2.30. The van der Waals surface area contributed by atoms with Gasteiger partial charge in [-0.25, -0.2) is 0 Å². The number of anilines is 1. The van der Waals surface area contributed by atoms with E-state index in [1.165, 1.54) is 0 Å². The van der Waals surface area contributed by atoms with Crippen molar-refractivity contribution >= 4 is 5.95 Å². The minimum atomic E-state index is 0.215. The van der Waals surface area contributed by atoms with Crippen molar-refractivity contribution in [2.75, 3.05) is 24.5 Å². The second-order valence-electron chi connectivity index (χ2n) is 5.31. The number of H-pyrrole nitrogens is 1. The molecule has 1 fully saturated rings. The Kier molecular flexibility index (Phi) is 3.31. The lowest BCUT2D eigenvalue weighted by atomic mass is 10.1. The summed E-state index contributed by atoms with van der Waals surface area (Å²) in [5.74, 6) is 1.51. The zero-order valence-electron chi connectivity index (χ0n) is 11.7. The number of hydrogen-bond donors (Lipinski definition) is 3. The van der Waals surface area contributed by atoms with Crippen LogP contribution in [0.4, 0.5) is 5.95 Å². The summed E-state index contributed by atoms with van der Waals surface area (Å²) in [6.45, 7) is 6.84. The van der Waals surface area contributed by atoms with Crippen molar-refractivity contribution in [3.05, 3.63) is 23.8 Å². The quantitative estimate of drug-likeness (QED) is 0.768.